The molecule has 2 rings (SSSR count). The third-order valence-corrected chi connectivity index (χ3v) is 4.97. The number of carbonyl (C=O) groups is 1. The molecule has 0 aliphatic rings. The van der Waals surface area contributed by atoms with E-state index in [-0.39, 0.29) is 28.5 Å². The van der Waals surface area contributed by atoms with Crippen molar-refractivity contribution in [3.63, 3.8) is 0 Å². The van der Waals surface area contributed by atoms with Crippen molar-refractivity contribution in [2.45, 2.75) is 20.0 Å². The van der Waals surface area contributed by atoms with Crippen LogP contribution in [0.3, 0.4) is 0 Å². The van der Waals surface area contributed by atoms with Crippen LogP contribution in [0.5, 0.6) is 0 Å². The summed E-state index contributed by atoms with van der Waals surface area (Å²) in [4.78, 5) is 23.2. The van der Waals surface area contributed by atoms with E-state index in [9.17, 15) is 26.4 Å². The highest BCUT2D eigenvalue weighted by Gasteiger charge is 2.32. The minimum Gasteiger partial charge on any atom is -0.318 e. The number of nitrogens with zero attached hydrogens (tertiary/aromatic N) is 4. The number of carbonyl (C=O) groups excluding carboxylic acids is 1. The Morgan fingerprint density at radius 3 is 2.58 bits per heavy atom. The maximum absolute atomic E-state index is 12.8. The van der Waals surface area contributed by atoms with Crippen molar-refractivity contribution in [1.82, 2.24) is 14.5 Å². The molecule has 0 fully saturated rings. The molecule has 0 unspecified atom stereocenters. The van der Waals surface area contributed by atoms with Gasteiger partial charge in [-0.2, -0.15) is 13.2 Å². The zero-order valence-electron chi connectivity index (χ0n) is 14.0. The van der Waals surface area contributed by atoms with Gasteiger partial charge in [-0.15, -0.1) is 0 Å². The smallest absolute Gasteiger partial charge is 0.318 e. The van der Waals surface area contributed by atoms with E-state index in [4.69, 9.17) is 0 Å². The maximum atomic E-state index is 12.8. The first kappa shape index (κ1) is 19.8. The van der Waals surface area contributed by atoms with Gasteiger partial charge in [0.05, 0.1) is 11.3 Å². The van der Waals surface area contributed by atoms with Crippen molar-refractivity contribution in [2.75, 3.05) is 11.5 Å². The Balaban J connectivity index is 2.60. The molecule has 0 N–H and O–H groups in total. The van der Waals surface area contributed by atoms with Gasteiger partial charge in [0.1, 0.15) is 11.2 Å². The molecule has 142 valence electrons. The first-order valence-corrected chi connectivity index (χ1v) is 9.11. The van der Waals surface area contributed by atoms with Crippen molar-refractivity contribution in [3.05, 3.63) is 23.7 Å². The Morgan fingerprint density at radius 1 is 1.38 bits per heavy atom. The molecule has 0 spiro atoms. The summed E-state index contributed by atoms with van der Waals surface area (Å²) >= 11 is 0. The van der Waals surface area contributed by atoms with Crippen LogP contribution in [-0.4, -0.2) is 46.1 Å². The number of pyridine rings is 1. The summed E-state index contributed by atoms with van der Waals surface area (Å²) in [6.45, 7) is 2.49. The molecule has 12 heteroatoms. The average Bonchev–Trinajstić information content (AvgIpc) is 2.87. The molecule has 2 heterocycles. The highest BCUT2D eigenvalue weighted by atomic mass is 32.2. The molecule has 0 bridgehead atoms. The molecule has 8 nitrogen and oxygen atoms in total. The number of oxime groups is 1. The maximum Gasteiger partial charge on any atom is 0.417 e. The summed E-state index contributed by atoms with van der Waals surface area (Å²) in [5.74, 6) is -1.65. The van der Waals surface area contributed by atoms with Gasteiger partial charge in [0, 0.05) is 25.9 Å². The van der Waals surface area contributed by atoms with Crippen molar-refractivity contribution in [1.29, 1.82) is 0 Å². The zero-order valence-corrected chi connectivity index (χ0v) is 14.8. The van der Waals surface area contributed by atoms with Crippen LogP contribution in [0.25, 0.3) is 11.2 Å². The topological polar surface area (TPSA) is 104 Å². The number of alkyl halides is 3. The van der Waals surface area contributed by atoms with Crippen LogP contribution in [-0.2, 0) is 32.7 Å². The van der Waals surface area contributed by atoms with Gasteiger partial charge < -0.3 is 9.40 Å². The number of hydrogen-bond donors (Lipinski definition) is 0. The predicted molar refractivity (Wildman–Crippen MR) is 86.1 cm³/mol. The minimum absolute atomic E-state index is 0.0647. The molecule has 0 atom stereocenters. The lowest BCUT2D eigenvalue weighted by Gasteiger charge is -2.06. The van der Waals surface area contributed by atoms with Crippen LogP contribution in [0.15, 0.2) is 17.4 Å². The van der Waals surface area contributed by atoms with Gasteiger partial charge in [-0.3, -0.25) is 0 Å². The number of halogens is 3. The van der Waals surface area contributed by atoms with Gasteiger partial charge in [0.2, 0.25) is 0 Å². The van der Waals surface area contributed by atoms with Crippen molar-refractivity contribution in [3.8, 4) is 0 Å². The molecule has 26 heavy (non-hydrogen) atoms. The lowest BCUT2D eigenvalue weighted by molar-refractivity contribution is -0.141. The van der Waals surface area contributed by atoms with E-state index in [0.29, 0.717) is 6.20 Å². The summed E-state index contributed by atoms with van der Waals surface area (Å²) in [5, 5.41) is 3.51. The molecule has 0 saturated heterocycles. The van der Waals surface area contributed by atoms with Gasteiger partial charge in [0.25, 0.3) is 0 Å². The molecule has 0 radical (unpaired) electrons. The Bertz CT molecular complexity index is 980. The number of sulfone groups is 1. The third kappa shape index (κ3) is 4.36. The fourth-order valence-electron chi connectivity index (χ4n) is 2.05. The molecule has 0 aromatic carbocycles. The van der Waals surface area contributed by atoms with E-state index < -0.39 is 33.3 Å². The SMILES string of the molecule is CCS(=O)(=O)C/C(=N\OC(C)=O)c1nc2cc(C(F)(F)F)cnc2n1C. The molecule has 0 saturated carbocycles. The highest BCUT2D eigenvalue weighted by molar-refractivity contribution is 7.92. The first-order chi connectivity index (χ1) is 11.9. The molecular formula is C14H15F3N4O4S. The summed E-state index contributed by atoms with van der Waals surface area (Å²) in [6, 6.07) is 0.795. The third-order valence-electron chi connectivity index (χ3n) is 3.38. The van der Waals surface area contributed by atoms with Gasteiger partial charge >= 0.3 is 12.1 Å². The van der Waals surface area contributed by atoms with Gasteiger partial charge in [-0.25, -0.2) is 23.2 Å². The van der Waals surface area contributed by atoms with Crippen molar-refractivity contribution < 1.29 is 31.2 Å². The molecule has 2 aromatic heterocycles. The number of aryl methyl sites for hydroxylation is 1. The van der Waals surface area contributed by atoms with Gasteiger partial charge in [0.15, 0.2) is 21.3 Å². The largest absolute Gasteiger partial charge is 0.417 e. The quantitative estimate of drug-likeness (QED) is 0.436. The van der Waals surface area contributed by atoms with Crippen LogP contribution in [0, 0.1) is 0 Å². The van der Waals surface area contributed by atoms with Gasteiger partial charge in [-0.1, -0.05) is 12.1 Å². The number of hydrogen-bond acceptors (Lipinski definition) is 7. The van der Waals surface area contributed by atoms with E-state index in [1.807, 2.05) is 0 Å². The first-order valence-electron chi connectivity index (χ1n) is 7.29. The fourth-order valence-corrected chi connectivity index (χ4v) is 2.85. The number of aromatic nitrogens is 3. The monoisotopic (exact) mass is 392 g/mol. The van der Waals surface area contributed by atoms with Crippen molar-refractivity contribution in [2.24, 2.45) is 12.2 Å². The zero-order chi connectivity index (χ0) is 19.7. The van der Waals surface area contributed by atoms with E-state index in [0.717, 1.165) is 13.0 Å². The predicted octanol–water partition coefficient (Wildman–Crippen LogP) is 1.69. The van der Waals surface area contributed by atoms with Crippen LogP contribution in [0.4, 0.5) is 13.2 Å². The van der Waals surface area contributed by atoms with E-state index in [1.165, 1.54) is 18.5 Å². The van der Waals surface area contributed by atoms with Crippen LogP contribution in [0.1, 0.15) is 25.2 Å². The van der Waals surface area contributed by atoms with Crippen molar-refractivity contribution >= 4 is 32.7 Å². The normalized spacial score (nSPS) is 13.2. The van der Waals surface area contributed by atoms with E-state index >= 15 is 0 Å². The average molecular weight is 392 g/mol. The summed E-state index contributed by atoms with van der Waals surface area (Å²) in [7, 11) is -2.14. The molecule has 0 aliphatic carbocycles. The number of fused-ring (bicyclic) bond motifs is 1. The standard InChI is InChI=1S/C14H15F3N4O4S/c1-4-26(23,24)7-11(20-25-8(2)22)13-19-10-5-9(14(15,16)17)6-18-12(10)21(13)3/h5-6H,4,7H2,1-3H3/b20-11+. The lowest BCUT2D eigenvalue weighted by Crippen LogP contribution is -2.22. The van der Waals surface area contributed by atoms with Crippen LogP contribution < -0.4 is 0 Å². The number of rotatable bonds is 5. The molecule has 2 aromatic rings. The summed E-state index contributed by atoms with van der Waals surface area (Å²) in [6.07, 6.45) is -3.95. The Hall–Kier alpha value is -2.50. The second-order valence-electron chi connectivity index (χ2n) is 5.36. The van der Waals surface area contributed by atoms with Crippen LogP contribution in [0.2, 0.25) is 0 Å². The Kier molecular flexibility index (Phi) is 5.35. The lowest BCUT2D eigenvalue weighted by atomic mass is 10.2. The fraction of sp³-hybridized carbons (Fsp3) is 0.429. The Labute approximate surface area is 146 Å². The highest BCUT2D eigenvalue weighted by Crippen LogP contribution is 2.30. The summed E-state index contributed by atoms with van der Waals surface area (Å²) < 4.78 is 63.6. The minimum atomic E-state index is -4.60. The second kappa shape index (κ2) is 7.02. The Morgan fingerprint density at radius 2 is 2.04 bits per heavy atom. The van der Waals surface area contributed by atoms with Crippen LogP contribution >= 0.6 is 0 Å². The molecule has 0 aliphatic heterocycles. The summed E-state index contributed by atoms with van der Waals surface area (Å²) in [5.41, 5.74) is -1.20. The molecule has 0 amide bonds. The van der Waals surface area contributed by atoms with E-state index in [1.54, 1.807) is 0 Å². The second-order valence-corrected chi connectivity index (χ2v) is 7.71. The van der Waals surface area contributed by atoms with Gasteiger partial charge in [-0.05, 0) is 6.07 Å². The van der Waals surface area contributed by atoms with E-state index in [2.05, 4.69) is 20.0 Å². The molecular weight excluding hydrogens is 377 g/mol. The number of imidazole rings is 1.